The Hall–Kier alpha value is -3.52. The highest BCUT2D eigenvalue weighted by Crippen LogP contribution is 2.47. The molecule has 2 nitrogen and oxygen atoms in total. The van der Waals surface area contributed by atoms with Gasteiger partial charge in [-0.25, -0.2) is 0 Å². The van der Waals surface area contributed by atoms with Crippen molar-refractivity contribution in [3.05, 3.63) is 114 Å². The van der Waals surface area contributed by atoms with Gasteiger partial charge in [0.25, 0.3) is 0 Å². The number of hydrogen-bond acceptors (Lipinski definition) is 2. The van der Waals surface area contributed by atoms with E-state index in [0.29, 0.717) is 0 Å². The zero-order chi connectivity index (χ0) is 19.8. The molecule has 142 valence electrons. The molecule has 1 N–H and O–H groups in total. The van der Waals surface area contributed by atoms with E-state index >= 15 is 0 Å². The van der Waals surface area contributed by atoms with Gasteiger partial charge in [-0.15, -0.1) is 0 Å². The molecular weight excluding hydrogens is 352 g/mol. The topological polar surface area (TPSA) is 15.3 Å². The summed E-state index contributed by atoms with van der Waals surface area (Å²) < 4.78 is 0. The quantitative estimate of drug-likeness (QED) is 0.397. The monoisotopic (exact) mass is 376 g/mol. The molecule has 5 rings (SSSR count). The second-order valence-electron chi connectivity index (χ2n) is 8.03. The lowest BCUT2D eigenvalue weighted by molar-refractivity contribution is 0.638. The van der Waals surface area contributed by atoms with Crippen LogP contribution < -0.4 is 10.2 Å². The highest BCUT2D eigenvalue weighted by molar-refractivity contribution is 5.83. The number of rotatable bonds is 3. The number of hydrogen-bond donors (Lipinski definition) is 1. The number of nitrogens with zero attached hydrogens (tertiary/aromatic N) is 1. The fraction of sp³-hybridized carbons (Fsp3) is 0.111. The molecule has 0 atom stereocenters. The first-order valence-electron chi connectivity index (χ1n) is 10.1. The Labute approximate surface area is 172 Å². The zero-order valence-corrected chi connectivity index (χ0v) is 16.8. The SMILES string of the molecule is CC1(C)c2ccccc2Nc2cc(N(c3ccccc3)c3ccccc3)ccc21. The van der Waals surface area contributed by atoms with Crippen molar-refractivity contribution in [1.82, 2.24) is 0 Å². The van der Waals surface area contributed by atoms with Crippen molar-refractivity contribution in [3.8, 4) is 0 Å². The van der Waals surface area contributed by atoms with Crippen LogP contribution in [0.3, 0.4) is 0 Å². The first-order chi connectivity index (χ1) is 14.1. The van der Waals surface area contributed by atoms with Gasteiger partial charge in [0.15, 0.2) is 0 Å². The van der Waals surface area contributed by atoms with E-state index in [-0.39, 0.29) is 5.41 Å². The Morgan fingerprint density at radius 1 is 0.552 bits per heavy atom. The summed E-state index contributed by atoms with van der Waals surface area (Å²) in [5, 5.41) is 3.67. The summed E-state index contributed by atoms with van der Waals surface area (Å²) in [6.45, 7) is 4.61. The fourth-order valence-corrected chi connectivity index (χ4v) is 4.35. The minimum Gasteiger partial charge on any atom is -0.355 e. The van der Waals surface area contributed by atoms with E-state index < -0.39 is 0 Å². The van der Waals surface area contributed by atoms with Crippen LogP contribution in [0.1, 0.15) is 25.0 Å². The number of benzene rings is 4. The van der Waals surface area contributed by atoms with E-state index in [1.807, 2.05) is 0 Å². The molecule has 1 heterocycles. The van der Waals surface area contributed by atoms with E-state index in [1.54, 1.807) is 0 Å². The van der Waals surface area contributed by atoms with Crippen LogP contribution in [0.15, 0.2) is 103 Å². The van der Waals surface area contributed by atoms with Crippen LogP contribution >= 0.6 is 0 Å². The number of para-hydroxylation sites is 3. The van der Waals surface area contributed by atoms with Gasteiger partial charge < -0.3 is 10.2 Å². The van der Waals surface area contributed by atoms with Crippen LogP contribution in [0.4, 0.5) is 28.4 Å². The lowest BCUT2D eigenvalue weighted by Crippen LogP contribution is -2.26. The minimum absolute atomic E-state index is 0.0416. The highest BCUT2D eigenvalue weighted by Gasteiger charge is 2.32. The molecule has 0 spiro atoms. The Morgan fingerprint density at radius 2 is 1.10 bits per heavy atom. The maximum absolute atomic E-state index is 3.67. The van der Waals surface area contributed by atoms with Crippen LogP contribution in [0.5, 0.6) is 0 Å². The second-order valence-corrected chi connectivity index (χ2v) is 8.03. The number of nitrogens with one attached hydrogen (secondary N) is 1. The van der Waals surface area contributed by atoms with Crippen molar-refractivity contribution in [1.29, 1.82) is 0 Å². The van der Waals surface area contributed by atoms with Gasteiger partial charge in [0, 0.05) is 33.9 Å². The lowest BCUT2D eigenvalue weighted by Gasteiger charge is -2.36. The number of anilines is 5. The Morgan fingerprint density at radius 3 is 1.76 bits per heavy atom. The molecule has 1 aliphatic rings. The average Bonchev–Trinajstić information content (AvgIpc) is 2.75. The second kappa shape index (κ2) is 6.82. The maximum Gasteiger partial charge on any atom is 0.0482 e. The zero-order valence-electron chi connectivity index (χ0n) is 16.8. The van der Waals surface area contributed by atoms with E-state index in [4.69, 9.17) is 0 Å². The third-order valence-electron chi connectivity index (χ3n) is 5.83. The molecule has 4 aromatic rings. The van der Waals surface area contributed by atoms with Gasteiger partial charge in [0.2, 0.25) is 0 Å². The van der Waals surface area contributed by atoms with Crippen molar-refractivity contribution in [3.63, 3.8) is 0 Å². The Bertz CT molecular complexity index is 1110. The van der Waals surface area contributed by atoms with Crippen molar-refractivity contribution in [2.75, 3.05) is 10.2 Å². The molecule has 4 aromatic carbocycles. The molecule has 1 aliphatic heterocycles. The summed E-state index contributed by atoms with van der Waals surface area (Å²) in [5.74, 6) is 0. The molecule has 0 bridgehead atoms. The van der Waals surface area contributed by atoms with Crippen molar-refractivity contribution < 1.29 is 0 Å². The van der Waals surface area contributed by atoms with Gasteiger partial charge in [-0.1, -0.05) is 74.5 Å². The first-order valence-corrected chi connectivity index (χ1v) is 10.1. The largest absolute Gasteiger partial charge is 0.355 e. The average molecular weight is 377 g/mol. The first kappa shape index (κ1) is 17.6. The predicted molar refractivity (Wildman–Crippen MR) is 123 cm³/mol. The number of fused-ring (bicyclic) bond motifs is 2. The van der Waals surface area contributed by atoms with Crippen LogP contribution in [0, 0.1) is 0 Å². The third kappa shape index (κ3) is 2.98. The Kier molecular flexibility index (Phi) is 4.13. The molecule has 0 fully saturated rings. The van der Waals surface area contributed by atoms with Gasteiger partial charge in [-0.3, -0.25) is 0 Å². The standard InChI is InChI=1S/C27H24N2/c1-27(2)23-15-9-10-16-25(23)28-26-19-22(17-18-24(26)27)29(20-11-5-3-6-12-20)21-13-7-4-8-14-21/h3-19,28H,1-2H3. The Balaban J connectivity index is 1.65. The molecule has 0 saturated carbocycles. The molecule has 0 radical (unpaired) electrons. The third-order valence-corrected chi connectivity index (χ3v) is 5.83. The van der Waals surface area contributed by atoms with Crippen LogP contribution in [-0.4, -0.2) is 0 Å². The normalized spacial score (nSPS) is 13.7. The lowest BCUT2D eigenvalue weighted by atomic mass is 9.74. The van der Waals surface area contributed by atoms with E-state index in [2.05, 4.69) is 127 Å². The summed E-state index contributed by atoms with van der Waals surface area (Å²) >= 11 is 0. The molecule has 0 saturated heterocycles. The smallest absolute Gasteiger partial charge is 0.0482 e. The van der Waals surface area contributed by atoms with Gasteiger partial charge >= 0.3 is 0 Å². The predicted octanol–water partition coefficient (Wildman–Crippen LogP) is 7.54. The molecule has 29 heavy (non-hydrogen) atoms. The van der Waals surface area contributed by atoms with E-state index in [0.717, 1.165) is 17.1 Å². The van der Waals surface area contributed by atoms with Gasteiger partial charge in [0.05, 0.1) is 0 Å². The molecule has 0 amide bonds. The molecule has 0 unspecified atom stereocenters. The van der Waals surface area contributed by atoms with E-state index in [9.17, 15) is 0 Å². The van der Waals surface area contributed by atoms with Crippen LogP contribution in [-0.2, 0) is 5.41 Å². The van der Waals surface area contributed by atoms with Gasteiger partial charge in [0.1, 0.15) is 0 Å². The van der Waals surface area contributed by atoms with Crippen molar-refractivity contribution in [2.24, 2.45) is 0 Å². The molecular formula is C27H24N2. The summed E-state index contributed by atoms with van der Waals surface area (Å²) in [4.78, 5) is 2.30. The van der Waals surface area contributed by atoms with Crippen LogP contribution in [0.25, 0.3) is 0 Å². The minimum atomic E-state index is -0.0416. The fourth-order valence-electron chi connectivity index (χ4n) is 4.35. The summed E-state index contributed by atoms with van der Waals surface area (Å²) in [7, 11) is 0. The molecule has 0 aliphatic carbocycles. The maximum atomic E-state index is 3.67. The van der Waals surface area contributed by atoms with E-state index in [1.165, 1.54) is 22.5 Å². The molecule has 2 heteroatoms. The summed E-state index contributed by atoms with van der Waals surface area (Å²) in [5.41, 5.74) is 8.41. The van der Waals surface area contributed by atoms with Crippen molar-refractivity contribution in [2.45, 2.75) is 19.3 Å². The summed E-state index contributed by atoms with van der Waals surface area (Å²) in [6, 6.07) is 36.4. The molecule has 0 aromatic heterocycles. The highest BCUT2D eigenvalue weighted by atomic mass is 15.1. The van der Waals surface area contributed by atoms with Crippen molar-refractivity contribution >= 4 is 28.4 Å². The van der Waals surface area contributed by atoms with Crippen LogP contribution in [0.2, 0.25) is 0 Å². The van der Waals surface area contributed by atoms with Gasteiger partial charge in [-0.05, 0) is 53.6 Å². The summed E-state index contributed by atoms with van der Waals surface area (Å²) in [6.07, 6.45) is 0. The van der Waals surface area contributed by atoms with Gasteiger partial charge in [-0.2, -0.15) is 0 Å².